The van der Waals surface area contributed by atoms with Gasteiger partial charge in [0.1, 0.15) is 0 Å². The summed E-state index contributed by atoms with van der Waals surface area (Å²) in [6, 6.07) is 8.42. The highest BCUT2D eigenvalue weighted by molar-refractivity contribution is 7.98. The van der Waals surface area contributed by atoms with Gasteiger partial charge in [0.2, 0.25) is 0 Å². The Morgan fingerprint density at radius 3 is 2.56 bits per heavy atom. The zero-order valence-electron chi connectivity index (χ0n) is 9.13. The Labute approximate surface area is 99.1 Å². The Bertz CT molecular complexity index is 450. The number of hydrogen-bond acceptors (Lipinski definition) is 3. The normalized spacial score (nSPS) is 10.6. The predicted octanol–water partition coefficient (Wildman–Crippen LogP) is 2.15. The van der Waals surface area contributed by atoms with Crippen molar-refractivity contribution in [3.63, 3.8) is 0 Å². The zero-order valence-corrected chi connectivity index (χ0v) is 9.94. The Morgan fingerprint density at radius 1 is 1.25 bits per heavy atom. The van der Waals surface area contributed by atoms with Gasteiger partial charge in [0.15, 0.2) is 0 Å². The summed E-state index contributed by atoms with van der Waals surface area (Å²) in [5.74, 6) is 0. The fourth-order valence-electron chi connectivity index (χ4n) is 1.49. The van der Waals surface area contributed by atoms with Crippen LogP contribution in [0.15, 0.2) is 41.6 Å². The van der Waals surface area contributed by atoms with Crippen molar-refractivity contribution < 1.29 is 5.11 Å². The third kappa shape index (κ3) is 2.65. The lowest BCUT2D eigenvalue weighted by Gasteiger charge is -2.02. The van der Waals surface area contributed by atoms with E-state index in [9.17, 15) is 0 Å². The van der Waals surface area contributed by atoms with Crippen molar-refractivity contribution in [3.8, 4) is 0 Å². The summed E-state index contributed by atoms with van der Waals surface area (Å²) in [5, 5.41) is 13.1. The predicted molar refractivity (Wildman–Crippen MR) is 65.5 cm³/mol. The number of benzene rings is 1. The van der Waals surface area contributed by atoms with Crippen LogP contribution in [0.4, 0.5) is 0 Å². The molecule has 0 aliphatic heterocycles. The van der Waals surface area contributed by atoms with Crippen LogP contribution in [0.1, 0.15) is 11.1 Å². The first-order valence-corrected chi connectivity index (χ1v) is 6.29. The largest absolute Gasteiger partial charge is 0.392 e. The minimum absolute atomic E-state index is 0.0470. The van der Waals surface area contributed by atoms with Gasteiger partial charge in [-0.05, 0) is 24.0 Å². The van der Waals surface area contributed by atoms with Crippen LogP contribution >= 0.6 is 11.8 Å². The Kier molecular flexibility index (Phi) is 3.64. The lowest BCUT2D eigenvalue weighted by atomic mass is 10.2. The first-order valence-electron chi connectivity index (χ1n) is 5.07. The van der Waals surface area contributed by atoms with Crippen molar-refractivity contribution in [3.05, 3.63) is 47.8 Å². The molecule has 4 heteroatoms. The standard InChI is InChI=1S/C12H14N2OS/c1-16-12-4-2-10(3-5-12)7-14-8-11(9-15)6-13-14/h2-6,8,15H,7,9H2,1H3. The average molecular weight is 234 g/mol. The molecule has 0 bridgehead atoms. The van der Waals surface area contributed by atoms with E-state index in [4.69, 9.17) is 5.11 Å². The van der Waals surface area contributed by atoms with Gasteiger partial charge in [-0.2, -0.15) is 5.10 Å². The summed E-state index contributed by atoms with van der Waals surface area (Å²) in [4.78, 5) is 1.26. The van der Waals surface area contributed by atoms with Gasteiger partial charge >= 0.3 is 0 Å². The summed E-state index contributed by atoms with van der Waals surface area (Å²) < 4.78 is 1.83. The molecule has 0 aliphatic rings. The van der Waals surface area contributed by atoms with Gasteiger partial charge in [-0.1, -0.05) is 12.1 Å². The molecule has 0 atom stereocenters. The second kappa shape index (κ2) is 5.18. The second-order valence-corrected chi connectivity index (χ2v) is 4.43. The van der Waals surface area contributed by atoms with Gasteiger partial charge in [-0.25, -0.2) is 0 Å². The monoisotopic (exact) mass is 234 g/mol. The van der Waals surface area contributed by atoms with Crippen molar-refractivity contribution in [2.75, 3.05) is 6.26 Å². The van der Waals surface area contributed by atoms with Crippen LogP contribution in [0, 0.1) is 0 Å². The van der Waals surface area contributed by atoms with E-state index in [1.807, 2.05) is 10.9 Å². The number of aliphatic hydroxyl groups is 1. The molecule has 0 saturated carbocycles. The number of nitrogens with zero attached hydrogens (tertiary/aromatic N) is 2. The highest BCUT2D eigenvalue weighted by atomic mass is 32.2. The number of aliphatic hydroxyl groups excluding tert-OH is 1. The SMILES string of the molecule is CSc1ccc(Cn2cc(CO)cn2)cc1. The van der Waals surface area contributed by atoms with Crippen molar-refractivity contribution in [1.82, 2.24) is 9.78 Å². The maximum atomic E-state index is 8.93. The molecule has 1 N–H and O–H groups in total. The molecule has 0 saturated heterocycles. The summed E-state index contributed by atoms with van der Waals surface area (Å²) >= 11 is 1.74. The van der Waals surface area contributed by atoms with E-state index in [1.165, 1.54) is 10.5 Å². The van der Waals surface area contributed by atoms with Crippen LogP contribution < -0.4 is 0 Å². The molecule has 2 rings (SSSR count). The first kappa shape index (κ1) is 11.2. The van der Waals surface area contributed by atoms with Crippen molar-refractivity contribution in [1.29, 1.82) is 0 Å². The molecule has 0 radical (unpaired) electrons. The van der Waals surface area contributed by atoms with Gasteiger partial charge in [0.05, 0.1) is 19.3 Å². The highest BCUT2D eigenvalue weighted by Gasteiger charge is 1.99. The topological polar surface area (TPSA) is 38.0 Å². The van der Waals surface area contributed by atoms with Crippen LogP contribution in [0.2, 0.25) is 0 Å². The number of thioether (sulfide) groups is 1. The van der Waals surface area contributed by atoms with Crippen LogP contribution in [-0.2, 0) is 13.2 Å². The lowest BCUT2D eigenvalue weighted by Crippen LogP contribution is -1.99. The molecule has 0 fully saturated rings. The molecule has 1 aromatic carbocycles. The lowest BCUT2D eigenvalue weighted by molar-refractivity contribution is 0.281. The summed E-state index contributed by atoms with van der Waals surface area (Å²) in [6.07, 6.45) is 5.62. The number of rotatable bonds is 4. The Hall–Kier alpha value is -1.26. The highest BCUT2D eigenvalue weighted by Crippen LogP contribution is 2.15. The van der Waals surface area contributed by atoms with E-state index < -0.39 is 0 Å². The van der Waals surface area contributed by atoms with E-state index in [1.54, 1.807) is 18.0 Å². The number of aromatic nitrogens is 2. The molecular weight excluding hydrogens is 220 g/mol. The molecule has 0 spiro atoms. The first-order chi connectivity index (χ1) is 7.81. The third-order valence-corrected chi connectivity index (χ3v) is 3.12. The van der Waals surface area contributed by atoms with Crippen molar-refractivity contribution >= 4 is 11.8 Å². The molecule has 84 valence electrons. The zero-order chi connectivity index (χ0) is 11.4. The molecule has 2 aromatic rings. The Balaban J connectivity index is 2.08. The molecule has 0 amide bonds. The maximum Gasteiger partial charge on any atom is 0.0712 e. The molecular formula is C12H14N2OS. The van der Waals surface area contributed by atoms with Gasteiger partial charge in [-0.3, -0.25) is 4.68 Å². The fraction of sp³-hybridized carbons (Fsp3) is 0.250. The van der Waals surface area contributed by atoms with E-state index in [2.05, 4.69) is 35.6 Å². The van der Waals surface area contributed by atoms with E-state index in [0.717, 1.165) is 12.1 Å². The van der Waals surface area contributed by atoms with Crippen LogP contribution in [0.25, 0.3) is 0 Å². The fourth-order valence-corrected chi connectivity index (χ4v) is 1.90. The summed E-state index contributed by atoms with van der Waals surface area (Å²) in [5.41, 5.74) is 2.06. The third-order valence-electron chi connectivity index (χ3n) is 2.37. The van der Waals surface area contributed by atoms with E-state index >= 15 is 0 Å². The van der Waals surface area contributed by atoms with E-state index in [-0.39, 0.29) is 6.61 Å². The van der Waals surface area contributed by atoms with Gasteiger partial charge in [0.25, 0.3) is 0 Å². The molecule has 0 aliphatic carbocycles. The smallest absolute Gasteiger partial charge is 0.0712 e. The molecule has 1 heterocycles. The van der Waals surface area contributed by atoms with Crippen molar-refractivity contribution in [2.45, 2.75) is 18.0 Å². The molecule has 16 heavy (non-hydrogen) atoms. The van der Waals surface area contributed by atoms with Crippen LogP contribution in [0.5, 0.6) is 0 Å². The van der Waals surface area contributed by atoms with E-state index in [0.29, 0.717) is 0 Å². The minimum atomic E-state index is 0.0470. The quantitative estimate of drug-likeness (QED) is 0.824. The molecule has 3 nitrogen and oxygen atoms in total. The van der Waals surface area contributed by atoms with Crippen LogP contribution in [0.3, 0.4) is 0 Å². The minimum Gasteiger partial charge on any atom is -0.392 e. The van der Waals surface area contributed by atoms with Gasteiger partial charge in [-0.15, -0.1) is 11.8 Å². The molecule has 0 unspecified atom stereocenters. The van der Waals surface area contributed by atoms with Gasteiger partial charge < -0.3 is 5.11 Å². The second-order valence-electron chi connectivity index (χ2n) is 3.55. The Morgan fingerprint density at radius 2 is 2.00 bits per heavy atom. The molecule has 1 aromatic heterocycles. The summed E-state index contributed by atoms with van der Waals surface area (Å²) in [7, 11) is 0. The average Bonchev–Trinajstić information content (AvgIpc) is 2.78. The maximum absolute atomic E-state index is 8.93. The van der Waals surface area contributed by atoms with Crippen molar-refractivity contribution in [2.24, 2.45) is 0 Å². The van der Waals surface area contributed by atoms with Crippen LogP contribution in [-0.4, -0.2) is 21.1 Å². The van der Waals surface area contributed by atoms with Gasteiger partial charge in [0, 0.05) is 16.7 Å². The summed E-state index contributed by atoms with van der Waals surface area (Å²) in [6.45, 7) is 0.792. The number of hydrogen-bond donors (Lipinski definition) is 1.